The third kappa shape index (κ3) is 2.58. The summed E-state index contributed by atoms with van der Waals surface area (Å²) >= 11 is 0. The molecule has 0 N–H and O–H groups in total. The Labute approximate surface area is 101 Å². The van der Waals surface area contributed by atoms with Crippen LogP contribution in [0.2, 0.25) is 0 Å². The van der Waals surface area contributed by atoms with Gasteiger partial charge in [-0.25, -0.2) is 13.6 Å². The van der Waals surface area contributed by atoms with Gasteiger partial charge in [-0.15, -0.1) is 0 Å². The summed E-state index contributed by atoms with van der Waals surface area (Å²) in [4.78, 5) is 25.0. The number of pyridine rings is 1. The zero-order valence-corrected chi connectivity index (χ0v) is 9.65. The van der Waals surface area contributed by atoms with Crippen molar-refractivity contribution >= 4 is 11.7 Å². The van der Waals surface area contributed by atoms with Crippen molar-refractivity contribution in [3.8, 4) is 0 Å². The third-order valence-corrected chi connectivity index (χ3v) is 2.16. The van der Waals surface area contributed by atoms with Gasteiger partial charge in [-0.3, -0.25) is 15.1 Å². The molecule has 0 fully saturated rings. The van der Waals surface area contributed by atoms with Crippen molar-refractivity contribution in [3.63, 3.8) is 0 Å². The average Bonchev–Trinajstić information content (AvgIpc) is 2.27. The lowest BCUT2D eigenvalue weighted by Gasteiger charge is -2.09. The predicted octanol–water partition coefficient (Wildman–Crippen LogP) is 2.41. The highest BCUT2D eigenvalue weighted by atomic mass is 19.3. The molecule has 0 aliphatic rings. The molecule has 18 heavy (non-hydrogen) atoms. The summed E-state index contributed by atoms with van der Waals surface area (Å²) in [5.41, 5.74) is -2.39. The average molecular weight is 260 g/mol. The first-order chi connectivity index (χ1) is 8.40. The number of rotatable bonds is 4. The molecule has 1 rings (SSSR count). The Bertz CT molecular complexity index is 491. The van der Waals surface area contributed by atoms with Gasteiger partial charge in [0.2, 0.25) is 0 Å². The topological polar surface area (TPSA) is 82.3 Å². The van der Waals surface area contributed by atoms with Gasteiger partial charge in [-0.1, -0.05) is 0 Å². The van der Waals surface area contributed by atoms with Crippen molar-refractivity contribution in [3.05, 3.63) is 33.1 Å². The highest BCUT2D eigenvalue weighted by Crippen LogP contribution is 2.31. The van der Waals surface area contributed by atoms with E-state index < -0.39 is 34.1 Å². The number of carbonyl (C=O) groups excluding carboxylic acids is 1. The number of aryl methyl sites for hydroxylation is 1. The third-order valence-electron chi connectivity index (χ3n) is 2.16. The maximum atomic E-state index is 12.7. The van der Waals surface area contributed by atoms with Crippen LogP contribution in [0.3, 0.4) is 0 Å². The number of carbonyl (C=O) groups is 1. The Morgan fingerprint density at radius 2 is 2.22 bits per heavy atom. The molecular formula is C10H10F2N2O4. The SMILES string of the molecule is CCOC(=O)c1c(C(F)F)cnc(C)c1[N+](=O)[O-]. The van der Waals surface area contributed by atoms with Crippen LogP contribution < -0.4 is 0 Å². The number of halogens is 2. The maximum absolute atomic E-state index is 12.7. The first-order valence-corrected chi connectivity index (χ1v) is 4.99. The molecule has 0 atom stereocenters. The van der Waals surface area contributed by atoms with Crippen LogP contribution in [0, 0.1) is 17.0 Å². The Morgan fingerprint density at radius 1 is 1.61 bits per heavy atom. The molecule has 98 valence electrons. The largest absolute Gasteiger partial charge is 0.462 e. The second-order valence-corrected chi connectivity index (χ2v) is 3.30. The summed E-state index contributed by atoms with van der Waals surface area (Å²) in [6, 6.07) is 0. The zero-order valence-electron chi connectivity index (χ0n) is 9.65. The van der Waals surface area contributed by atoms with Crippen molar-refractivity contribution in [1.29, 1.82) is 0 Å². The Morgan fingerprint density at radius 3 is 2.67 bits per heavy atom. The molecule has 0 spiro atoms. The molecule has 0 unspecified atom stereocenters. The van der Waals surface area contributed by atoms with E-state index >= 15 is 0 Å². The summed E-state index contributed by atoms with van der Waals surface area (Å²) in [6.45, 7) is 2.66. The number of aromatic nitrogens is 1. The van der Waals surface area contributed by atoms with Crippen molar-refractivity contribution < 1.29 is 23.2 Å². The van der Waals surface area contributed by atoms with Crippen LogP contribution in [-0.2, 0) is 4.74 Å². The molecule has 8 heteroatoms. The predicted molar refractivity (Wildman–Crippen MR) is 56.5 cm³/mol. The number of nitrogens with zero attached hydrogens (tertiary/aromatic N) is 2. The molecule has 1 heterocycles. The van der Waals surface area contributed by atoms with Crippen molar-refractivity contribution in [2.75, 3.05) is 6.61 Å². The molecule has 0 radical (unpaired) electrons. The van der Waals surface area contributed by atoms with E-state index in [2.05, 4.69) is 9.72 Å². The molecule has 0 aliphatic heterocycles. The highest BCUT2D eigenvalue weighted by molar-refractivity contribution is 5.96. The Kier molecular flexibility index (Phi) is 4.24. The molecule has 0 aliphatic carbocycles. The summed E-state index contributed by atoms with van der Waals surface area (Å²) in [7, 11) is 0. The maximum Gasteiger partial charge on any atom is 0.345 e. The molecule has 0 aromatic carbocycles. The number of esters is 1. The fraction of sp³-hybridized carbons (Fsp3) is 0.400. The van der Waals surface area contributed by atoms with Gasteiger partial charge >= 0.3 is 11.7 Å². The van der Waals surface area contributed by atoms with E-state index in [1.54, 1.807) is 0 Å². The van der Waals surface area contributed by atoms with Crippen LogP contribution >= 0.6 is 0 Å². The van der Waals surface area contributed by atoms with E-state index in [-0.39, 0.29) is 12.3 Å². The van der Waals surface area contributed by atoms with Gasteiger partial charge < -0.3 is 4.74 Å². The van der Waals surface area contributed by atoms with E-state index in [1.165, 1.54) is 13.8 Å². The van der Waals surface area contributed by atoms with Gasteiger partial charge in [0.05, 0.1) is 17.1 Å². The van der Waals surface area contributed by atoms with Crippen molar-refractivity contribution in [2.45, 2.75) is 20.3 Å². The lowest BCUT2D eigenvalue weighted by Crippen LogP contribution is -2.13. The smallest absolute Gasteiger partial charge is 0.345 e. The summed E-state index contributed by atoms with van der Waals surface area (Å²) in [5, 5.41) is 10.8. The molecule has 0 bridgehead atoms. The molecule has 1 aromatic heterocycles. The molecule has 0 saturated heterocycles. The summed E-state index contributed by atoms with van der Waals surface area (Å²) in [6.07, 6.45) is -2.30. The lowest BCUT2D eigenvalue weighted by atomic mass is 10.1. The van der Waals surface area contributed by atoms with E-state index in [1.807, 2.05) is 0 Å². The molecular weight excluding hydrogens is 250 g/mol. The van der Waals surface area contributed by atoms with Gasteiger partial charge in [0.25, 0.3) is 6.43 Å². The van der Waals surface area contributed by atoms with Crippen LogP contribution in [0.1, 0.15) is 35.0 Å². The second kappa shape index (κ2) is 5.48. The lowest BCUT2D eigenvalue weighted by molar-refractivity contribution is -0.386. The quantitative estimate of drug-likeness (QED) is 0.471. The van der Waals surface area contributed by atoms with Crippen molar-refractivity contribution in [2.24, 2.45) is 0 Å². The normalized spacial score (nSPS) is 10.5. The minimum atomic E-state index is -3.05. The van der Waals surface area contributed by atoms with E-state index in [4.69, 9.17) is 0 Å². The Hall–Kier alpha value is -2.12. The monoisotopic (exact) mass is 260 g/mol. The van der Waals surface area contributed by atoms with Crippen LogP contribution in [0.15, 0.2) is 6.20 Å². The van der Waals surface area contributed by atoms with Crippen LogP contribution in [-0.4, -0.2) is 22.5 Å². The molecule has 0 saturated carbocycles. The molecule has 0 amide bonds. The van der Waals surface area contributed by atoms with Gasteiger partial charge in [-0.2, -0.15) is 0 Å². The zero-order chi connectivity index (χ0) is 13.9. The minimum Gasteiger partial charge on any atom is -0.462 e. The molecule has 6 nitrogen and oxygen atoms in total. The number of ether oxygens (including phenoxy) is 1. The second-order valence-electron chi connectivity index (χ2n) is 3.30. The fourth-order valence-corrected chi connectivity index (χ4v) is 1.42. The standard InChI is InChI=1S/C10H10F2N2O4/c1-3-18-10(15)7-6(9(11)12)4-13-5(2)8(7)14(16)17/h4,9H,3H2,1-2H3. The van der Waals surface area contributed by atoms with Gasteiger partial charge in [0, 0.05) is 6.20 Å². The number of nitro groups is 1. The van der Waals surface area contributed by atoms with Crippen LogP contribution in [0.4, 0.5) is 14.5 Å². The van der Waals surface area contributed by atoms with E-state index in [0.717, 1.165) is 6.20 Å². The first kappa shape index (κ1) is 13.9. The number of hydrogen-bond donors (Lipinski definition) is 0. The van der Waals surface area contributed by atoms with Gasteiger partial charge in [0.15, 0.2) is 0 Å². The summed E-state index contributed by atoms with van der Waals surface area (Å²) in [5.74, 6) is -1.15. The Balaban J connectivity index is 3.53. The highest BCUT2D eigenvalue weighted by Gasteiger charge is 2.31. The van der Waals surface area contributed by atoms with E-state index in [0.29, 0.717) is 0 Å². The number of hydrogen-bond acceptors (Lipinski definition) is 5. The van der Waals surface area contributed by atoms with Gasteiger partial charge in [-0.05, 0) is 13.8 Å². The first-order valence-electron chi connectivity index (χ1n) is 4.99. The summed E-state index contributed by atoms with van der Waals surface area (Å²) < 4.78 is 30.0. The van der Waals surface area contributed by atoms with E-state index in [9.17, 15) is 23.7 Å². The number of alkyl halides is 2. The molecule has 1 aromatic rings. The minimum absolute atomic E-state index is 0.0694. The fourth-order valence-electron chi connectivity index (χ4n) is 1.42. The van der Waals surface area contributed by atoms with Crippen LogP contribution in [0.25, 0.3) is 0 Å². The van der Waals surface area contributed by atoms with Crippen LogP contribution in [0.5, 0.6) is 0 Å². The van der Waals surface area contributed by atoms with Crippen molar-refractivity contribution in [1.82, 2.24) is 4.98 Å². The van der Waals surface area contributed by atoms with Gasteiger partial charge in [0.1, 0.15) is 11.3 Å².